The van der Waals surface area contributed by atoms with Crippen LogP contribution >= 0.6 is 35.0 Å². The molecule has 2 N–H and O–H groups in total. The van der Waals surface area contributed by atoms with Crippen LogP contribution in [0.25, 0.3) is 6.08 Å². The van der Waals surface area contributed by atoms with E-state index in [4.69, 9.17) is 27.9 Å². The number of imide groups is 1. The fourth-order valence-corrected chi connectivity index (χ4v) is 3.29. The molecule has 1 aromatic carbocycles. The molecule has 0 aliphatic carbocycles. The number of benzene rings is 1. The van der Waals surface area contributed by atoms with Crippen molar-refractivity contribution in [3.05, 3.63) is 32.6 Å². The van der Waals surface area contributed by atoms with E-state index in [0.29, 0.717) is 23.9 Å². The smallest absolute Gasteiger partial charge is 0.294 e. The summed E-state index contributed by atoms with van der Waals surface area (Å²) in [6.45, 7) is 0.241. The number of rotatable bonds is 6. The molecular formula is C15H14Cl2N2O5S. The molecule has 2 rings (SSSR count). The number of amides is 3. The zero-order valence-corrected chi connectivity index (χ0v) is 15.4. The molecule has 0 saturated carbocycles. The third-order valence-corrected chi connectivity index (χ3v) is 4.62. The van der Waals surface area contributed by atoms with Gasteiger partial charge in [-0.2, -0.15) is 0 Å². The number of nitrogens with zero attached hydrogens (tertiary/aromatic N) is 1. The molecule has 0 spiro atoms. The normalized spacial score (nSPS) is 16.0. The Morgan fingerprint density at radius 1 is 1.36 bits per heavy atom. The van der Waals surface area contributed by atoms with Crippen molar-refractivity contribution in [2.75, 3.05) is 26.8 Å². The fraction of sp³-hybridized carbons (Fsp3) is 0.267. The molecule has 1 fully saturated rings. The molecule has 134 valence electrons. The largest absolute Gasteiger partial charge is 0.505 e. The Labute approximate surface area is 157 Å². The third kappa shape index (κ3) is 4.88. The first-order chi connectivity index (χ1) is 11.8. The summed E-state index contributed by atoms with van der Waals surface area (Å²) >= 11 is 12.4. The van der Waals surface area contributed by atoms with Gasteiger partial charge in [-0.15, -0.1) is 0 Å². The number of phenolic OH excluding ortho intramolecular Hbond substituents is 1. The molecule has 3 amide bonds. The van der Waals surface area contributed by atoms with Gasteiger partial charge >= 0.3 is 0 Å². The van der Waals surface area contributed by atoms with E-state index < -0.39 is 17.1 Å². The van der Waals surface area contributed by atoms with Crippen molar-refractivity contribution in [3.8, 4) is 5.75 Å². The molecule has 25 heavy (non-hydrogen) atoms. The van der Waals surface area contributed by atoms with Crippen LogP contribution in [0.3, 0.4) is 0 Å². The van der Waals surface area contributed by atoms with Gasteiger partial charge in [-0.3, -0.25) is 19.3 Å². The van der Waals surface area contributed by atoms with Crippen molar-refractivity contribution in [2.24, 2.45) is 0 Å². The van der Waals surface area contributed by atoms with Crippen molar-refractivity contribution in [1.82, 2.24) is 10.2 Å². The minimum Gasteiger partial charge on any atom is -0.505 e. The molecule has 0 aromatic heterocycles. The fourth-order valence-electron chi connectivity index (χ4n) is 1.95. The Morgan fingerprint density at radius 2 is 2.00 bits per heavy atom. The molecule has 1 heterocycles. The monoisotopic (exact) mass is 404 g/mol. The Morgan fingerprint density at radius 3 is 2.60 bits per heavy atom. The standard InChI is InChI=1S/C15H14Cl2N2O5S/c1-24-3-2-18-12(20)7-19-14(22)11(25-15(19)23)6-8-4-9(16)13(21)10(17)5-8/h4-6,21H,2-3,7H2,1H3,(H,18,20)/b11-6-. The molecule has 0 unspecified atom stereocenters. The molecule has 1 aliphatic heterocycles. The number of hydrogen-bond acceptors (Lipinski definition) is 6. The summed E-state index contributed by atoms with van der Waals surface area (Å²) in [5.41, 5.74) is 0.447. The van der Waals surface area contributed by atoms with Gasteiger partial charge in [0.15, 0.2) is 5.75 Å². The first kappa shape index (κ1) is 19.6. The minimum atomic E-state index is -0.586. The van der Waals surface area contributed by atoms with E-state index in [1.165, 1.54) is 25.3 Å². The number of phenols is 1. The molecule has 0 atom stereocenters. The molecule has 7 nitrogen and oxygen atoms in total. The van der Waals surface area contributed by atoms with Crippen LogP contribution < -0.4 is 5.32 Å². The van der Waals surface area contributed by atoms with Crippen LogP contribution in [0.2, 0.25) is 10.0 Å². The predicted octanol–water partition coefficient (Wildman–Crippen LogP) is 2.50. The summed E-state index contributed by atoms with van der Waals surface area (Å²) in [6, 6.07) is 2.82. The van der Waals surface area contributed by atoms with Crippen LogP contribution in [-0.2, 0) is 14.3 Å². The highest BCUT2D eigenvalue weighted by atomic mass is 35.5. The summed E-state index contributed by atoms with van der Waals surface area (Å²) in [5, 5.41) is 11.6. The summed E-state index contributed by atoms with van der Waals surface area (Å²) < 4.78 is 4.80. The number of carbonyl (C=O) groups excluding carboxylic acids is 3. The van der Waals surface area contributed by atoms with Crippen molar-refractivity contribution in [3.63, 3.8) is 0 Å². The molecule has 1 aromatic rings. The van der Waals surface area contributed by atoms with Crippen LogP contribution in [0.5, 0.6) is 5.75 Å². The zero-order chi connectivity index (χ0) is 18.6. The Balaban J connectivity index is 2.11. The first-order valence-corrected chi connectivity index (χ1v) is 8.59. The number of aromatic hydroxyl groups is 1. The van der Waals surface area contributed by atoms with E-state index in [2.05, 4.69) is 5.32 Å². The number of ether oxygens (including phenoxy) is 1. The van der Waals surface area contributed by atoms with Crippen LogP contribution in [0.4, 0.5) is 4.79 Å². The van der Waals surface area contributed by atoms with E-state index in [-0.39, 0.29) is 33.8 Å². The number of methoxy groups -OCH3 is 1. The first-order valence-electron chi connectivity index (χ1n) is 7.02. The molecule has 10 heteroatoms. The lowest BCUT2D eigenvalue weighted by Gasteiger charge is -2.12. The Kier molecular flexibility index (Phi) is 6.71. The van der Waals surface area contributed by atoms with Crippen LogP contribution in [0.15, 0.2) is 17.0 Å². The lowest BCUT2D eigenvalue weighted by atomic mass is 10.2. The van der Waals surface area contributed by atoms with Crippen molar-refractivity contribution in [1.29, 1.82) is 0 Å². The molecule has 0 radical (unpaired) electrons. The number of thioether (sulfide) groups is 1. The highest BCUT2D eigenvalue weighted by Crippen LogP contribution is 2.36. The van der Waals surface area contributed by atoms with Gasteiger partial charge in [0.05, 0.1) is 21.6 Å². The molecule has 1 aliphatic rings. The molecule has 1 saturated heterocycles. The number of hydrogen-bond donors (Lipinski definition) is 2. The van der Waals surface area contributed by atoms with Gasteiger partial charge in [-0.25, -0.2) is 0 Å². The van der Waals surface area contributed by atoms with Crippen molar-refractivity contribution >= 4 is 58.1 Å². The van der Waals surface area contributed by atoms with Gasteiger partial charge in [0.1, 0.15) is 6.54 Å². The highest BCUT2D eigenvalue weighted by Gasteiger charge is 2.36. The minimum absolute atomic E-state index is 0.0236. The van der Waals surface area contributed by atoms with E-state index in [0.717, 1.165) is 4.90 Å². The second kappa shape index (κ2) is 8.57. The van der Waals surface area contributed by atoms with E-state index in [1.54, 1.807) is 0 Å². The third-order valence-electron chi connectivity index (χ3n) is 3.14. The highest BCUT2D eigenvalue weighted by molar-refractivity contribution is 8.18. The van der Waals surface area contributed by atoms with Gasteiger partial charge < -0.3 is 15.2 Å². The number of halogens is 2. The number of carbonyl (C=O) groups is 3. The lowest BCUT2D eigenvalue weighted by Crippen LogP contribution is -2.40. The predicted molar refractivity (Wildman–Crippen MR) is 95.7 cm³/mol. The van der Waals surface area contributed by atoms with Crippen molar-refractivity contribution in [2.45, 2.75) is 0 Å². The molecular weight excluding hydrogens is 391 g/mol. The summed E-state index contributed by atoms with van der Waals surface area (Å²) in [7, 11) is 1.50. The maximum Gasteiger partial charge on any atom is 0.294 e. The lowest BCUT2D eigenvalue weighted by molar-refractivity contribution is -0.129. The summed E-state index contributed by atoms with van der Waals surface area (Å²) in [6.07, 6.45) is 1.42. The van der Waals surface area contributed by atoms with Gasteiger partial charge in [0.25, 0.3) is 11.1 Å². The maximum atomic E-state index is 12.3. The second-order valence-electron chi connectivity index (χ2n) is 4.94. The van der Waals surface area contributed by atoms with E-state index in [1.807, 2.05) is 0 Å². The van der Waals surface area contributed by atoms with Gasteiger partial charge in [-0.1, -0.05) is 23.2 Å². The summed E-state index contributed by atoms with van der Waals surface area (Å²) in [4.78, 5) is 37.0. The van der Waals surface area contributed by atoms with Crippen molar-refractivity contribution < 1.29 is 24.2 Å². The maximum absolute atomic E-state index is 12.3. The average molecular weight is 405 g/mol. The van der Waals surface area contributed by atoms with Gasteiger partial charge in [0.2, 0.25) is 5.91 Å². The molecule has 0 bridgehead atoms. The Bertz CT molecular complexity index is 730. The zero-order valence-electron chi connectivity index (χ0n) is 13.0. The van der Waals surface area contributed by atoms with E-state index in [9.17, 15) is 19.5 Å². The van der Waals surface area contributed by atoms with Crippen LogP contribution in [-0.4, -0.2) is 53.9 Å². The SMILES string of the molecule is COCCNC(=O)CN1C(=O)S/C(=C\c2cc(Cl)c(O)c(Cl)c2)C1=O. The quantitative estimate of drug-likeness (QED) is 0.558. The van der Waals surface area contributed by atoms with E-state index >= 15 is 0 Å². The second-order valence-corrected chi connectivity index (χ2v) is 6.75. The number of nitrogens with one attached hydrogen (secondary N) is 1. The Hall–Kier alpha value is -1.74. The van der Waals surface area contributed by atoms with Gasteiger partial charge in [0, 0.05) is 13.7 Å². The summed E-state index contributed by atoms with van der Waals surface area (Å²) in [5.74, 6) is -1.31. The average Bonchev–Trinajstić information content (AvgIpc) is 2.80. The van der Waals surface area contributed by atoms with Crippen LogP contribution in [0, 0.1) is 0 Å². The van der Waals surface area contributed by atoms with Gasteiger partial charge in [-0.05, 0) is 35.5 Å². The van der Waals surface area contributed by atoms with Crippen LogP contribution in [0.1, 0.15) is 5.56 Å². The topological polar surface area (TPSA) is 95.9 Å².